The molecule has 0 amide bonds. The minimum Gasteiger partial charge on any atom is -0.354 e. The predicted octanol–water partition coefficient (Wildman–Crippen LogP) is 0.739. The van der Waals surface area contributed by atoms with Crippen molar-refractivity contribution in [1.82, 2.24) is 10.6 Å². The molecule has 2 rings (SSSR count). The van der Waals surface area contributed by atoms with Crippen LogP contribution in [0.25, 0.3) is 0 Å². The van der Waals surface area contributed by atoms with Crippen molar-refractivity contribution in [3.05, 3.63) is 29.8 Å². The predicted molar refractivity (Wildman–Crippen MR) is 54.3 cm³/mol. The Kier molecular flexibility index (Phi) is 2.32. The average molecular weight is 186 g/mol. The van der Waals surface area contributed by atoms with Crippen LogP contribution < -0.4 is 10.6 Å². The number of nitriles is 1. The van der Waals surface area contributed by atoms with Crippen molar-refractivity contribution >= 4 is 11.6 Å². The minimum absolute atomic E-state index is 0.629. The fraction of sp³-hybridized carbons (Fsp3) is 0.200. The molecule has 1 heterocycles. The van der Waals surface area contributed by atoms with Gasteiger partial charge < -0.3 is 10.6 Å². The first-order valence-corrected chi connectivity index (χ1v) is 4.45. The minimum atomic E-state index is 0.629. The summed E-state index contributed by atoms with van der Waals surface area (Å²) in [5.74, 6) is 0.778. The zero-order valence-electron chi connectivity index (χ0n) is 7.62. The van der Waals surface area contributed by atoms with Crippen LogP contribution in [0.4, 0.5) is 5.69 Å². The Labute approximate surface area is 82.3 Å². The molecular weight excluding hydrogens is 176 g/mol. The van der Waals surface area contributed by atoms with E-state index in [9.17, 15) is 0 Å². The number of hydrogen-bond acceptors (Lipinski definition) is 2. The van der Waals surface area contributed by atoms with Gasteiger partial charge in [-0.25, -0.2) is 4.99 Å². The SMILES string of the molecule is N#Cc1cccc(N=C2NCCN2)c1. The molecule has 1 saturated heterocycles. The van der Waals surface area contributed by atoms with Gasteiger partial charge in [0.1, 0.15) is 0 Å². The van der Waals surface area contributed by atoms with Crippen LogP contribution in [0.5, 0.6) is 0 Å². The van der Waals surface area contributed by atoms with Crippen molar-refractivity contribution in [2.24, 2.45) is 4.99 Å². The van der Waals surface area contributed by atoms with Crippen molar-refractivity contribution in [1.29, 1.82) is 5.26 Å². The van der Waals surface area contributed by atoms with Gasteiger partial charge in [-0.05, 0) is 18.2 Å². The molecule has 0 spiro atoms. The smallest absolute Gasteiger partial charge is 0.196 e. The molecule has 1 aliphatic rings. The third kappa shape index (κ3) is 1.83. The van der Waals surface area contributed by atoms with E-state index < -0.39 is 0 Å². The molecule has 0 atom stereocenters. The van der Waals surface area contributed by atoms with E-state index in [1.54, 1.807) is 12.1 Å². The van der Waals surface area contributed by atoms with Crippen LogP contribution in [-0.4, -0.2) is 19.0 Å². The van der Waals surface area contributed by atoms with Crippen molar-refractivity contribution in [2.75, 3.05) is 13.1 Å². The summed E-state index contributed by atoms with van der Waals surface area (Å²) in [4.78, 5) is 4.31. The van der Waals surface area contributed by atoms with E-state index >= 15 is 0 Å². The van der Waals surface area contributed by atoms with Crippen molar-refractivity contribution in [2.45, 2.75) is 0 Å². The highest BCUT2D eigenvalue weighted by Gasteiger charge is 2.04. The Hall–Kier alpha value is -2.02. The van der Waals surface area contributed by atoms with Crippen molar-refractivity contribution in [3.8, 4) is 6.07 Å². The number of hydrogen-bond donors (Lipinski definition) is 2. The number of aliphatic imine (C=N–C) groups is 1. The molecule has 1 fully saturated rings. The summed E-state index contributed by atoms with van der Waals surface area (Å²) < 4.78 is 0. The fourth-order valence-electron chi connectivity index (χ4n) is 1.28. The summed E-state index contributed by atoms with van der Waals surface area (Å²) in [6.07, 6.45) is 0. The molecular formula is C10H10N4. The van der Waals surface area contributed by atoms with Gasteiger partial charge in [0.15, 0.2) is 5.96 Å². The quantitative estimate of drug-likeness (QED) is 0.680. The topological polar surface area (TPSA) is 60.2 Å². The Morgan fingerprint density at radius 2 is 2.07 bits per heavy atom. The number of benzene rings is 1. The van der Waals surface area contributed by atoms with Gasteiger partial charge in [-0.1, -0.05) is 6.07 Å². The van der Waals surface area contributed by atoms with E-state index in [1.165, 1.54) is 0 Å². The van der Waals surface area contributed by atoms with Crippen LogP contribution >= 0.6 is 0 Å². The van der Waals surface area contributed by atoms with Gasteiger partial charge in [0.05, 0.1) is 17.3 Å². The molecule has 1 aliphatic heterocycles. The summed E-state index contributed by atoms with van der Waals surface area (Å²) in [5.41, 5.74) is 1.42. The van der Waals surface area contributed by atoms with Crippen LogP contribution in [0.3, 0.4) is 0 Å². The van der Waals surface area contributed by atoms with E-state index in [0.29, 0.717) is 5.56 Å². The van der Waals surface area contributed by atoms with E-state index in [0.717, 1.165) is 24.7 Å². The lowest BCUT2D eigenvalue weighted by atomic mass is 10.2. The maximum absolute atomic E-state index is 8.69. The van der Waals surface area contributed by atoms with Crippen LogP contribution in [-0.2, 0) is 0 Å². The third-order valence-electron chi connectivity index (χ3n) is 1.93. The summed E-state index contributed by atoms with van der Waals surface area (Å²) in [5, 5.41) is 14.9. The zero-order chi connectivity index (χ0) is 9.80. The molecule has 0 saturated carbocycles. The van der Waals surface area contributed by atoms with Gasteiger partial charge in [-0.2, -0.15) is 5.26 Å². The van der Waals surface area contributed by atoms with E-state index in [4.69, 9.17) is 5.26 Å². The molecule has 14 heavy (non-hydrogen) atoms. The normalized spacial score (nSPS) is 14.1. The highest BCUT2D eigenvalue weighted by molar-refractivity contribution is 5.84. The standard InChI is InChI=1S/C10H10N4/c11-7-8-2-1-3-9(6-8)14-10-12-4-5-13-10/h1-3,6H,4-5H2,(H2,12,13,14). The average Bonchev–Trinajstić information content (AvgIpc) is 2.71. The number of rotatable bonds is 1. The Bertz CT molecular complexity index is 395. The Morgan fingerprint density at radius 3 is 2.79 bits per heavy atom. The van der Waals surface area contributed by atoms with E-state index in [-0.39, 0.29) is 0 Å². The summed E-state index contributed by atoms with van der Waals surface area (Å²) in [6, 6.07) is 9.30. The van der Waals surface area contributed by atoms with E-state index in [2.05, 4.69) is 21.7 Å². The van der Waals surface area contributed by atoms with Crippen molar-refractivity contribution < 1.29 is 0 Å². The fourth-order valence-corrected chi connectivity index (χ4v) is 1.28. The van der Waals surface area contributed by atoms with Crippen LogP contribution in [0.1, 0.15) is 5.56 Å². The molecule has 2 N–H and O–H groups in total. The maximum Gasteiger partial charge on any atom is 0.196 e. The second kappa shape index (κ2) is 3.79. The highest BCUT2D eigenvalue weighted by atomic mass is 15.2. The monoisotopic (exact) mass is 186 g/mol. The van der Waals surface area contributed by atoms with Crippen LogP contribution in [0, 0.1) is 11.3 Å². The summed E-state index contributed by atoms with van der Waals surface area (Å²) in [6.45, 7) is 1.80. The van der Waals surface area contributed by atoms with Gasteiger partial charge in [-0.3, -0.25) is 0 Å². The first kappa shape index (κ1) is 8.57. The van der Waals surface area contributed by atoms with Gasteiger partial charge in [-0.15, -0.1) is 0 Å². The molecule has 4 nitrogen and oxygen atoms in total. The Morgan fingerprint density at radius 1 is 1.29 bits per heavy atom. The van der Waals surface area contributed by atoms with Crippen LogP contribution in [0.2, 0.25) is 0 Å². The highest BCUT2D eigenvalue weighted by Crippen LogP contribution is 2.13. The van der Waals surface area contributed by atoms with Gasteiger partial charge in [0, 0.05) is 13.1 Å². The maximum atomic E-state index is 8.69. The lowest BCUT2D eigenvalue weighted by Gasteiger charge is -1.98. The first-order valence-electron chi connectivity index (χ1n) is 4.45. The lowest BCUT2D eigenvalue weighted by Crippen LogP contribution is -2.23. The molecule has 70 valence electrons. The molecule has 4 heteroatoms. The summed E-state index contributed by atoms with van der Waals surface area (Å²) >= 11 is 0. The molecule has 0 aromatic heterocycles. The molecule has 0 radical (unpaired) electrons. The molecule has 0 aliphatic carbocycles. The summed E-state index contributed by atoms with van der Waals surface area (Å²) in [7, 11) is 0. The largest absolute Gasteiger partial charge is 0.354 e. The third-order valence-corrected chi connectivity index (χ3v) is 1.93. The molecule has 1 aromatic carbocycles. The number of nitrogens with zero attached hydrogens (tertiary/aromatic N) is 2. The van der Waals surface area contributed by atoms with E-state index in [1.807, 2.05) is 12.1 Å². The van der Waals surface area contributed by atoms with Gasteiger partial charge >= 0.3 is 0 Å². The zero-order valence-corrected chi connectivity index (χ0v) is 7.62. The molecule has 0 bridgehead atoms. The second-order valence-corrected chi connectivity index (χ2v) is 2.98. The van der Waals surface area contributed by atoms with Crippen molar-refractivity contribution in [3.63, 3.8) is 0 Å². The van der Waals surface area contributed by atoms with Crippen LogP contribution in [0.15, 0.2) is 29.3 Å². The number of guanidine groups is 1. The van der Waals surface area contributed by atoms with Gasteiger partial charge in [0.25, 0.3) is 0 Å². The van der Waals surface area contributed by atoms with Gasteiger partial charge in [0.2, 0.25) is 0 Å². The second-order valence-electron chi connectivity index (χ2n) is 2.98. The molecule has 0 unspecified atom stereocenters. The lowest BCUT2D eigenvalue weighted by molar-refractivity contribution is 0.942. The number of nitrogens with one attached hydrogen (secondary N) is 2. The molecule has 1 aromatic rings. The Balaban J connectivity index is 2.24. The first-order chi connectivity index (χ1) is 6.88.